The maximum absolute atomic E-state index is 12.4. The molecule has 0 spiro atoms. The molecule has 2 rings (SSSR count). The van der Waals surface area contributed by atoms with Crippen molar-refractivity contribution in [1.82, 2.24) is 4.72 Å². The molecule has 8 nitrogen and oxygen atoms in total. The lowest BCUT2D eigenvalue weighted by atomic mass is 10.2. The highest BCUT2D eigenvalue weighted by atomic mass is 32.2. The molecule has 0 heterocycles. The van der Waals surface area contributed by atoms with Crippen molar-refractivity contribution in [3.05, 3.63) is 54.1 Å². The number of carbonyl (C=O) groups excluding carboxylic acids is 1. The van der Waals surface area contributed by atoms with Gasteiger partial charge in [0.2, 0.25) is 0 Å². The first-order valence-corrected chi connectivity index (χ1v) is 12.6. The first kappa shape index (κ1) is 21.1. The van der Waals surface area contributed by atoms with E-state index in [1.165, 1.54) is 31.2 Å². The smallest absolute Gasteiger partial charge is 0.266 e. The Balaban J connectivity index is 2.38. The lowest BCUT2D eigenvalue weighted by Crippen LogP contribution is -2.31. The number of nitrogens with one attached hydrogen (secondary N) is 1. The van der Waals surface area contributed by atoms with E-state index >= 15 is 0 Å². The Morgan fingerprint density at radius 3 is 1.89 bits per heavy atom. The highest BCUT2D eigenvalue weighted by Gasteiger charge is 2.25. The number of sulfonamides is 1. The summed E-state index contributed by atoms with van der Waals surface area (Å²) in [5.41, 5.74) is -0.296. The largest absolute Gasteiger partial charge is 0.268 e. The zero-order chi connectivity index (χ0) is 20.5. The predicted molar refractivity (Wildman–Crippen MR) is 98.4 cm³/mol. The second kappa shape index (κ2) is 7.41. The van der Waals surface area contributed by atoms with Crippen LogP contribution in [0.15, 0.2) is 63.2 Å². The second-order valence-electron chi connectivity index (χ2n) is 5.58. The molecule has 1 amide bonds. The Kier molecular flexibility index (Phi) is 5.78. The van der Waals surface area contributed by atoms with Gasteiger partial charge in [-0.3, -0.25) is 4.79 Å². The van der Waals surface area contributed by atoms with Crippen LogP contribution in [-0.4, -0.2) is 43.2 Å². The van der Waals surface area contributed by atoms with Crippen LogP contribution in [0.25, 0.3) is 0 Å². The number of hydrogen-bond acceptors (Lipinski definition) is 7. The lowest BCUT2D eigenvalue weighted by molar-refractivity contribution is 0.0978. The molecular weight excluding hydrogens is 414 g/mol. The van der Waals surface area contributed by atoms with E-state index in [1.807, 2.05) is 0 Å². The monoisotopic (exact) mass is 431 g/mol. The highest BCUT2D eigenvalue weighted by Crippen LogP contribution is 2.19. The fourth-order valence-corrected chi connectivity index (χ4v) is 4.87. The molecule has 0 fully saturated rings. The van der Waals surface area contributed by atoms with Gasteiger partial charge in [0.25, 0.3) is 15.9 Å². The molecule has 0 radical (unpaired) electrons. The van der Waals surface area contributed by atoms with E-state index in [2.05, 4.69) is 0 Å². The zero-order valence-electron chi connectivity index (χ0n) is 14.4. The summed E-state index contributed by atoms with van der Waals surface area (Å²) in [6, 6.07) is 9.56. The van der Waals surface area contributed by atoms with Crippen LogP contribution in [0.1, 0.15) is 17.3 Å². The first-order valence-electron chi connectivity index (χ1n) is 7.57. The summed E-state index contributed by atoms with van der Waals surface area (Å²) in [4.78, 5) is 11.7. The molecule has 0 saturated heterocycles. The highest BCUT2D eigenvalue weighted by molar-refractivity contribution is 7.91. The van der Waals surface area contributed by atoms with E-state index in [9.17, 15) is 30.0 Å². The van der Waals surface area contributed by atoms with Crippen molar-refractivity contribution >= 4 is 35.6 Å². The van der Waals surface area contributed by atoms with Crippen molar-refractivity contribution in [2.75, 3.05) is 12.0 Å². The van der Waals surface area contributed by atoms with Gasteiger partial charge in [0, 0.05) is 6.26 Å². The third-order valence-electron chi connectivity index (χ3n) is 3.64. The van der Waals surface area contributed by atoms with Gasteiger partial charge < -0.3 is 0 Å². The molecule has 146 valence electrons. The van der Waals surface area contributed by atoms with Gasteiger partial charge in [-0.2, -0.15) is 0 Å². The van der Waals surface area contributed by atoms with Gasteiger partial charge in [-0.1, -0.05) is 19.1 Å². The average Bonchev–Trinajstić information content (AvgIpc) is 2.60. The Bertz CT molecular complexity index is 1180. The minimum atomic E-state index is -4.33. The minimum Gasteiger partial charge on any atom is -0.268 e. The van der Waals surface area contributed by atoms with Crippen LogP contribution < -0.4 is 4.72 Å². The summed E-state index contributed by atoms with van der Waals surface area (Å²) in [5.74, 6) is -1.36. The van der Waals surface area contributed by atoms with Gasteiger partial charge in [-0.25, -0.2) is 30.0 Å². The summed E-state index contributed by atoms with van der Waals surface area (Å²) in [7, 11) is -11.6. The maximum Gasteiger partial charge on any atom is 0.266 e. The van der Waals surface area contributed by atoms with Crippen LogP contribution in [0.2, 0.25) is 0 Å². The summed E-state index contributed by atoms with van der Waals surface area (Å²) in [6.45, 7) is 1.41. The molecule has 0 aliphatic carbocycles. The van der Waals surface area contributed by atoms with Gasteiger partial charge in [0.05, 0.1) is 26.0 Å². The van der Waals surface area contributed by atoms with E-state index < -0.39 is 35.6 Å². The summed E-state index contributed by atoms with van der Waals surface area (Å²) in [5, 5.41) is 0. The van der Waals surface area contributed by atoms with E-state index in [1.54, 1.807) is 4.72 Å². The van der Waals surface area contributed by atoms with Gasteiger partial charge >= 0.3 is 0 Å². The average molecular weight is 432 g/mol. The molecule has 11 heteroatoms. The number of carbonyl (C=O) groups is 1. The molecule has 2 aromatic rings. The van der Waals surface area contributed by atoms with Crippen molar-refractivity contribution in [3.8, 4) is 0 Å². The van der Waals surface area contributed by atoms with Crippen LogP contribution in [0.3, 0.4) is 0 Å². The number of amides is 1. The molecule has 0 atom stereocenters. The fraction of sp³-hybridized carbons (Fsp3) is 0.188. The standard InChI is InChI=1S/C16H17NO7S3/c1-3-26(21,22)15-7-5-4-6-14(15)16(18)17-27(23,24)13-10-8-12(9-11-13)25(2,19)20/h4-11H,3H2,1-2H3,(H,17,18). The molecule has 0 aliphatic rings. The Morgan fingerprint density at radius 2 is 1.37 bits per heavy atom. The van der Waals surface area contributed by atoms with E-state index in [0.717, 1.165) is 30.5 Å². The minimum absolute atomic E-state index is 0.0767. The van der Waals surface area contributed by atoms with Crippen molar-refractivity contribution in [3.63, 3.8) is 0 Å². The third-order valence-corrected chi connectivity index (χ3v) is 7.90. The van der Waals surface area contributed by atoms with Gasteiger partial charge in [0.1, 0.15) is 0 Å². The quantitative estimate of drug-likeness (QED) is 0.722. The molecule has 0 aliphatic heterocycles. The van der Waals surface area contributed by atoms with Crippen LogP contribution >= 0.6 is 0 Å². The van der Waals surface area contributed by atoms with Crippen molar-refractivity contribution in [1.29, 1.82) is 0 Å². The molecule has 0 unspecified atom stereocenters. The second-order valence-corrected chi connectivity index (χ2v) is 11.5. The van der Waals surface area contributed by atoms with Crippen LogP contribution in [0, 0.1) is 0 Å². The predicted octanol–water partition coefficient (Wildman–Crippen LogP) is 1.00. The van der Waals surface area contributed by atoms with Crippen molar-refractivity contribution < 1.29 is 30.0 Å². The molecule has 1 N–H and O–H groups in total. The van der Waals surface area contributed by atoms with Gasteiger partial charge in [-0.15, -0.1) is 0 Å². The van der Waals surface area contributed by atoms with Crippen molar-refractivity contribution in [2.45, 2.75) is 21.6 Å². The number of rotatable bonds is 6. The number of sulfone groups is 2. The first-order chi connectivity index (χ1) is 12.4. The van der Waals surface area contributed by atoms with E-state index in [4.69, 9.17) is 0 Å². The molecule has 0 saturated carbocycles. The maximum atomic E-state index is 12.4. The molecular formula is C16H17NO7S3. The Labute approximate surface area is 158 Å². The topological polar surface area (TPSA) is 132 Å². The number of benzene rings is 2. The van der Waals surface area contributed by atoms with Crippen LogP contribution in [0.5, 0.6) is 0 Å². The SMILES string of the molecule is CCS(=O)(=O)c1ccccc1C(=O)NS(=O)(=O)c1ccc(S(C)(=O)=O)cc1. The van der Waals surface area contributed by atoms with E-state index in [-0.39, 0.29) is 26.0 Å². The van der Waals surface area contributed by atoms with E-state index in [0.29, 0.717) is 0 Å². The lowest BCUT2D eigenvalue weighted by Gasteiger charge is -2.11. The van der Waals surface area contributed by atoms with Crippen LogP contribution in [-0.2, 0) is 29.7 Å². The summed E-state index contributed by atoms with van der Waals surface area (Å²) in [6.07, 6.45) is 0.976. The number of hydrogen-bond donors (Lipinski definition) is 1. The Morgan fingerprint density at radius 1 is 0.852 bits per heavy atom. The molecule has 0 bridgehead atoms. The van der Waals surface area contributed by atoms with Gasteiger partial charge in [-0.05, 0) is 36.4 Å². The zero-order valence-corrected chi connectivity index (χ0v) is 16.9. The Hall–Kier alpha value is -2.24. The normalized spacial score (nSPS) is 12.5. The molecule has 27 heavy (non-hydrogen) atoms. The summed E-state index contributed by atoms with van der Waals surface area (Å²) >= 11 is 0. The van der Waals surface area contributed by atoms with Crippen LogP contribution in [0.4, 0.5) is 0 Å². The van der Waals surface area contributed by atoms with Gasteiger partial charge in [0.15, 0.2) is 19.7 Å². The summed E-state index contributed by atoms with van der Waals surface area (Å²) < 4.78 is 73.7. The molecule has 0 aromatic heterocycles. The molecule has 2 aromatic carbocycles. The van der Waals surface area contributed by atoms with Crippen molar-refractivity contribution in [2.24, 2.45) is 0 Å². The third kappa shape index (κ3) is 4.73. The fourth-order valence-electron chi connectivity index (χ4n) is 2.18.